The Labute approximate surface area is 156 Å². The molecule has 4 nitrogen and oxygen atoms in total. The molecule has 0 amide bonds. The van der Waals surface area contributed by atoms with Crippen molar-refractivity contribution in [2.75, 3.05) is 6.54 Å². The quantitative estimate of drug-likeness (QED) is 0.831. The molecular weight excluding hydrogens is 320 g/mol. The van der Waals surface area contributed by atoms with E-state index in [1.165, 1.54) is 33.5 Å². The van der Waals surface area contributed by atoms with Gasteiger partial charge < -0.3 is 0 Å². The maximum Gasteiger partial charge on any atom is 0.0696 e. The molecule has 138 valence electrons. The summed E-state index contributed by atoms with van der Waals surface area (Å²) in [5.74, 6) is 1.17. The molecule has 4 rings (SSSR count). The molecule has 0 fully saturated rings. The fraction of sp³-hybridized carbons (Fsp3) is 0.409. The number of rotatable bonds is 2. The van der Waals surface area contributed by atoms with E-state index in [-0.39, 0.29) is 0 Å². The van der Waals surface area contributed by atoms with Gasteiger partial charge in [0.1, 0.15) is 0 Å². The van der Waals surface area contributed by atoms with Crippen LogP contribution in [0.4, 0.5) is 0 Å². The second kappa shape index (κ2) is 7.50. The molecule has 0 unspecified atom stereocenters. The van der Waals surface area contributed by atoms with Gasteiger partial charge in [-0.3, -0.25) is 5.01 Å². The van der Waals surface area contributed by atoms with Crippen LogP contribution in [-0.2, 0) is 0 Å². The Balaban J connectivity index is 0.000000151. The van der Waals surface area contributed by atoms with Gasteiger partial charge in [0.2, 0.25) is 0 Å². The number of hydrazine groups is 1. The molecule has 0 saturated carbocycles. The first kappa shape index (κ1) is 18.5. The van der Waals surface area contributed by atoms with Crippen molar-refractivity contribution >= 4 is 5.52 Å². The first-order chi connectivity index (χ1) is 12.4. The van der Waals surface area contributed by atoms with Gasteiger partial charge in [-0.15, -0.1) is 0 Å². The molecule has 4 heterocycles. The maximum absolute atomic E-state index is 4.32. The van der Waals surface area contributed by atoms with E-state index in [1.807, 2.05) is 10.7 Å². The number of aryl methyl sites for hydroxylation is 1. The molecule has 0 aromatic carbocycles. The zero-order valence-corrected chi connectivity index (χ0v) is 16.7. The van der Waals surface area contributed by atoms with Gasteiger partial charge in [0.25, 0.3) is 0 Å². The monoisotopic (exact) mass is 350 g/mol. The summed E-state index contributed by atoms with van der Waals surface area (Å²) in [5.41, 5.74) is 11.3. The van der Waals surface area contributed by atoms with Crippen molar-refractivity contribution in [1.29, 1.82) is 0 Å². The molecule has 2 aromatic rings. The van der Waals surface area contributed by atoms with Crippen molar-refractivity contribution in [2.45, 2.75) is 47.5 Å². The highest BCUT2D eigenvalue weighted by atomic mass is 15.5. The minimum atomic E-state index is 0.542. The van der Waals surface area contributed by atoms with Crippen LogP contribution in [0.1, 0.15) is 51.7 Å². The van der Waals surface area contributed by atoms with Crippen molar-refractivity contribution in [3.8, 4) is 0 Å². The van der Waals surface area contributed by atoms with Crippen LogP contribution in [0, 0.1) is 12.8 Å². The van der Waals surface area contributed by atoms with Crippen LogP contribution in [0.5, 0.6) is 0 Å². The Hall–Kier alpha value is -2.33. The van der Waals surface area contributed by atoms with Gasteiger partial charge in [0, 0.05) is 24.5 Å². The number of nitrogens with zero attached hydrogens (tertiary/aromatic N) is 3. The first-order valence-electron chi connectivity index (χ1n) is 9.43. The van der Waals surface area contributed by atoms with Crippen molar-refractivity contribution < 1.29 is 0 Å². The van der Waals surface area contributed by atoms with Crippen molar-refractivity contribution in [3.05, 3.63) is 70.8 Å². The highest BCUT2D eigenvalue weighted by Crippen LogP contribution is 2.27. The zero-order valence-electron chi connectivity index (χ0n) is 16.7. The maximum atomic E-state index is 4.32. The largest absolute Gasteiger partial charge is 0.284 e. The number of nitrogens with one attached hydrogen (secondary N) is 1. The number of fused-ring (bicyclic) bond motifs is 2. The summed E-state index contributed by atoms with van der Waals surface area (Å²) >= 11 is 0. The molecule has 0 aliphatic carbocycles. The predicted molar refractivity (Wildman–Crippen MR) is 109 cm³/mol. The van der Waals surface area contributed by atoms with E-state index in [0.717, 1.165) is 6.54 Å². The Bertz CT molecular complexity index is 881. The standard InChI is InChI=1S/C11H14N2.C11H16N2/c1-8(2)10-6-12-13-7-9(3)4-5-11(10)13;1-8(2)10-7-12-13-5-4-9(3)6-11(10)13/h4-8H,1-3H3;4-6,8,12H,7H2,1-3H3. The molecule has 2 aliphatic rings. The van der Waals surface area contributed by atoms with Gasteiger partial charge in [-0.05, 0) is 60.6 Å². The van der Waals surface area contributed by atoms with Gasteiger partial charge in [0.05, 0.1) is 17.4 Å². The Morgan fingerprint density at radius 3 is 2.54 bits per heavy atom. The van der Waals surface area contributed by atoms with E-state index < -0.39 is 0 Å². The second-order valence-corrected chi connectivity index (χ2v) is 7.77. The van der Waals surface area contributed by atoms with Gasteiger partial charge in [-0.25, -0.2) is 9.94 Å². The number of pyridine rings is 1. The lowest BCUT2D eigenvalue weighted by Gasteiger charge is -2.19. The van der Waals surface area contributed by atoms with E-state index >= 15 is 0 Å². The Kier molecular flexibility index (Phi) is 5.33. The summed E-state index contributed by atoms with van der Waals surface area (Å²) in [6, 6.07) is 4.26. The van der Waals surface area contributed by atoms with Crippen LogP contribution in [-0.4, -0.2) is 21.2 Å². The SMILES string of the molecule is CC1=CC2=C(C(C)C)CNN2C=C1.Cc1ccc2c(C(C)C)cnn2c1. The smallest absolute Gasteiger partial charge is 0.0696 e. The van der Waals surface area contributed by atoms with Gasteiger partial charge >= 0.3 is 0 Å². The summed E-state index contributed by atoms with van der Waals surface area (Å²) in [6.45, 7) is 14.1. The average Bonchev–Trinajstić information content (AvgIpc) is 3.18. The molecule has 0 radical (unpaired) electrons. The molecule has 0 saturated heterocycles. The summed E-state index contributed by atoms with van der Waals surface area (Å²) in [5, 5.41) is 6.43. The van der Waals surface area contributed by atoms with Crippen LogP contribution in [0.2, 0.25) is 0 Å². The zero-order chi connectivity index (χ0) is 18.8. The van der Waals surface area contributed by atoms with E-state index in [2.05, 4.69) is 93.8 Å². The average molecular weight is 351 g/mol. The Morgan fingerprint density at radius 1 is 1.08 bits per heavy atom. The van der Waals surface area contributed by atoms with Crippen LogP contribution in [0.15, 0.2) is 59.7 Å². The van der Waals surface area contributed by atoms with Gasteiger partial charge in [-0.2, -0.15) is 5.10 Å². The summed E-state index contributed by atoms with van der Waals surface area (Å²) < 4.78 is 1.95. The molecule has 26 heavy (non-hydrogen) atoms. The molecule has 2 aromatic heterocycles. The minimum Gasteiger partial charge on any atom is -0.284 e. The fourth-order valence-corrected chi connectivity index (χ4v) is 3.30. The van der Waals surface area contributed by atoms with Crippen LogP contribution >= 0.6 is 0 Å². The number of aromatic nitrogens is 2. The lowest BCUT2D eigenvalue weighted by atomic mass is 10.0. The van der Waals surface area contributed by atoms with E-state index in [1.54, 1.807) is 0 Å². The van der Waals surface area contributed by atoms with Crippen LogP contribution in [0.25, 0.3) is 5.52 Å². The topological polar surface area (TPSA) is 32.6 Å². The van der Waals surface area contributed by atoms with Gasteiger partial charge in [-0.1, -0.05) is 33.8 Å². The second-order valence-electron chi connectivity index (χ2n) is 7.77. The van der Waals surface area contributed by atoms with E-state index in [0.29, 0.717) is 11.8 Å². The molecular formula is C22H30N4. The fourth-order valence-electron chi connectivity index (χ4n) is 3.30. The minimum absolute atomic E-state index is 0.542. The number of allylic oxidation sites excluding steroid dienone is 3. The molecule has 0 spiro atoms. The third-order valence-corrected chi connectivity index (χ3v) is 4.89. The third-order valence-electron chi connectivity index (χ3n) is 4.89. The first-order valence-corrected chi connectivity index (χ1v) is 9.43. The predicted octanol–water partition coefficient (Wildman–Crippen LogP) is 4.96. The normalized spacial score (nSPS) is 16.3. The van der Waals surface area contributed by atoms with Crippen molar-refractivity contribution in [2.24, 2.45) is 5.92 Å². The van der Waals surface area contributed by atoms with Crippen molar-refractivity contribution in [1.82, 2.24) is 20.0 Å². The summed E-state index contributed by atoms with van der Waals surface area (Å²) in [4.78, 5) is 0. The summed E-state index contributed by atoms with van der Waals surface area (Å²) in [7, 11) is 0. The van der Waals surface area contributed by atoms with Gasteiger partial charge in [0.15, 0.2) is 0 Å². The number of hydrogen-bond acceptors (Lipinski definition) is 3. The molecule has 0 atom stereocenters. The lowest BCUT2D eigenvalue weighted by Crippen LogP contribution is -2.27. The highest BCUT2D eigenvalue weighted by Gasteiger charge is 2.22. The van der Waals surface area contributed by atoms with E-state index in [9.17, 15) is 0 Å². The lowest BCUT2D eigenvalue weighted by molar-refractivity contribution is 0.394. The Morgan fingerprint density at radius 2 is 1.85 bits per heavy atom. The third kappa shape index (κ3) is 3.75. The van der Waals surface area contributed by atoms with Crippen LogP contribution < -0.4 is 5.43 Å². The van der Waals surface area contributed by atoms with Crippen molar-refractivity contribution in [3.63, 3.8) is 0 Å². The van der Waals surface area contributed by atoms with Crippen LogP contribution in [0.3, 0.4) is 0 Å². The highest BCUT2D eigenvalue weighted by molar-refractivity contribution is 5.55. The molecule has 4 heteroatoms. The number of hydrogen-bond donors (Lipinski definition) is 1. The molecule has 0 bridgehead atoms. The summed E-state index contributed by atoms with van der Waals surface area (Å²) in [6.07, 6.45) is 10.5. The van der Waals surface area contributed by atoms with E-state index in [4.69, 9.17) is 0 Å². The molecule has 1 N–H and O–H groups in total. The molecule has 2 aliphatic heterocycles.